The van der Waals surface area contributed by atoms with Gasteiger partial charge in [-0.3, -0.25) is 14.4 Å². The molecule has 0 N–H and O–H groups in total. The highest BCUT2D eigenvalue weighted by Crippen LogP contribution is 2.19. The van der Waals surface area contributed by atoms with Gasteiger partial charge in [-0.2, -0.15) is 0 Å². The summed E-state index contributed by atoms with van der Waals surface area (Å²) in [5.41, 5.74) is 0. The van der Waals surface area contributed by atoms with Gasteiger partial charge in [0.25, 0.3) is 0 Å². The van der Waals surface area contributed by atoms with Crippen LogP contribution >= 0.6 is 0 Å². The van der Waals surface area contributed by atoms with Gasteiger partial charge >= 0.3 is 17.9 Å². The molecule has 0 aromatic carbocycles. The number of ether oxygens (including phenoxy) is 3. The zero-order valence-electron chi connectivity index (χ0n) is 48.5. The molecule has 0 aliphatic heterocycles. The first-order valence-electron chi connectivity index (χ1n) is 32.5. The van der Waals surface area contributed by atoms with Crippen molar-refractivity contribution in [2.24, 2.45) is 0 Å². The van der Waals surface area contributed by atoms with E-state index in [9.17, 15) is 14.4 Å². The van der Waals surface area contributed by atoms with Gasteiger partial charge in [0.2, 0.25) is 0 Å². The van der Waals surface area contributed by atoms with Gasteiger partial charge in [-0.05, 0) is 19.3 Å². The second-order valence-corrected chi connectivity index (χ2v) is 22.4. The van der Waals surface area contributed by atoms with Crippen LogP contribution in [0.1, 0.15) is 380 Å². The highest BCUT2D eigenvalue weighted by Gasteiger charge is 2.19. The van der Waals surface area contributed by atoms with E-state index in [4.69, 9.17) is 14.2 Å². The monoisotopic (exact) mass is 1000 g/mol. The van der Waals surface area contributed by atoms with Crippen LogP contribution in [-0.2, 0) is 28.6 Å². The van der Waals surface area contributed by atoms with Gasteiger partial charge in [0.15, 0.2) is 6.10 Å². The summed E-state index contributed by atoms with van der Waals surface area (Å²) in [7, 11) is 0. The van der Waals surface area contributed by atoms with Gasteiger partial charge in [-0.25, -0.2) is 0 Å². The molecule has 0 radical (unpaired) electrons. The Kier molecular flexibility index (Phi) is 59.6. The van der Waals surface area contributed by atoms with Crippen molar-refractivity contribution in [3.05, 3.63) is 0 Å². The summed E-state index contributed by atoms with van der Waals surface area (Å²) in [6, 6.07) is 0. The molecule has 6 nitrogen and oxygen atoms in total. The summed E-state index contributed by atoms with van der Waals surface area (Å²) in [6.45, 7) is 6.73. The fraction of sp³-hybridized carbons (Fsp3) is 0.954. The van der Waals surface area contributed by atoms with E-state index in [1.807, 2.05) is 0 Å². The third-order valence-corrected chi connectivity index (χ3v) is 15.1. The summed E-state index contributed by atoms with van der Waals surface area (Å²) >= 11 is 0. The van der Waals surface area contributed by atoms with Crippen molar-refractivity contribution in [3.8, 4) is 0 Å². The molecule has 0 aliphatic rings. The molecular formula is C65H126O6. The van der Waals surface area contributed by atoms with Crippen molar-refractivity contribution in [2.45, 2.75) is 386 Å². The lowest BCUT2D eigenvalue weighted by Crippen LogP contribution is -2.30. The van der Waals surface area contributed by atoms with Gasteiger partial charge in [0.05, 0.1) is 0 Å². The van der Waals surface area contributed by atoms with E-state index >= 15 is 0 Å². The third-order valence-electron chi connectivity index (χ3n) is 15.1. The van der Waals surface area contributed by atoms with Crippen molar-refractivity contribution in [1.29, 1.82) is 0 Å². The summed E-state index contributed by atoms with van der Waals surface area (Å²) in [6.07, 6.45) is 69.7. The van der Waals surface area contributed by atoms with Crippen molar-refractivity contribution < 1.29 is 28.6 Å². The maximum absolute atomic E-state index is 12.9. The lowest BCUT2D eigenvalue weighted by molar-refractivity contribution is -0.167. The molecule has 0 fully saturated rings. The molecule has 0 rings (SSSR count). The van der Waals surface area contributed by atoms with Crippen LogP contribution in [0.2, 0.25) is 0 Å². The molecule has 0 amide bonds. The molecule has 0 heterocycles. The molecule has 0 bridgehead atoms. The number of hydrogen-bond donors (Lipinski definition) is 0. The van der Waals surface area contributed by atoms with Gasteiger partial charge in [0, 0.05) is 19.3 Å². The Morgan fingerprint density at radius 1 is 0.225 bits per heavy atom. The number of carbonyl (C=O) groups is 3. The maximum Gasteiger partial charge on any atom is 0.306 e. The van der Waals surface area contributed by atoms with Crippen LogP contribution in [0, 0.1) is 0 Å². The van der Waals surface area contributed by atoms with Crippen LogP contribution in [0.4, 0.5) is 0 Å². The second-order valence-electron chi connectivity index (χ2n) is 22.4. The minimum absolute atomic E-state index is 0.0605. The fourth-order valence-electron chi connectivity index (χ4n) is 10.2. The van der Waals surface area contributed by atoms with Crippen LogP contribution in [-0.4, -0.2) is 37.2 Å². The summed E-state index contributed by atoms with van der Waals surface area (Å²) in [5.74, 6) is -0.825. The average molecular weight is 1000 g/mol. The van der Waals surface area contributed by atoms with Crippen LogP contribution in [0.15, 0.2) is 0 Å². The Morgan fingerprint density at radius 2 is 0.380 bits per heavy atom. The fourth-order valence-corrected chi connectivity index (χ4v) is 10.2. The zero-order valence-corrected chi connectivity index (χ0v) is 48.5. The zero-order chi connectivity index (χ0) is 51.4. The second kappa shape index (κ2) is 61.0. The van der Waals surface area contributed by atoms with Crippen molar-refractivity contribution >= 4 is 17.9 Å². The molecule has 0 aliphatic carbocycles. The average Bonchev–Trinajstić information content (AvgIpc) is 3.37. The van der Waals surface area contributed by atoms with Gasteiger partial charge in [-0.15, -0.1) is 0 Å². The molecule has 0 aromatic heterocycles. The first kappa shape index (κ1) is 69.4. The molecule has 0 aromatic rings. The minimum atomic E-state index is -0.762. The molecule has 71 heavy (non-hydrogen) atoms. The Morgan fingerprint density at radius 3 is 0.563 bits per heavy atom. The van der Waals surface area contributed by atoms with Crippen LogP contribution < -0.4 is 0 Å². The van der Waals surface area contributed by atoms with Crippen LogP contribution in [0.25, 0.3) is 0 Å². The van der Waals surface area contributed by atoms with Gasteiger partial charge in [0.1, 0.15) is 13.2 Å². The minimum Gasteiger partial charge on any atom is -0.462 e. The molecule has 6 heteroatoms. The van der Waals surface area contributed by atoms with Gasteiger partial charge < -0.3 is 14.2 Å². The Balaban J connectivity index is 4.22. The van der Waals surface area contributed by atoms with Crippen molar-refractivity contribution in [2.75, 3.05) is 13.2 Å². The van der Waals surface area contributed by atoms with E-state index in [1.54, 1.807) is 0 Å². The number of esters is 3. The first-order chi connectivity index (χ1) is 35.0. The summed E-state index contributed by atoms with van der Waals surface area (Å²) in [5, 5.41) is 0. The van der Waals surface area contributed by atoms with E-state index in [0.717, 1.165) is 57.8 Å². The van der Waals surface area contributed by atoms with Crippen LogP contribution in [0.5, 0.6) is 0 Å². The normalized spacial score (nSPS) is 11.9. The van der Waals surface area contributed by atoms with E-state index in [1.165, 1.54) is 283 Å². The van der Waals surface area contributed by atoms with E-state index < -0.39 is 6.10 Å². The molecule has 422 valence electrons. The first-order valence-corrected chi connectivity index (χ1v) is 32.5. The molecule has 1 atom stereocenters. The van der Waals surface area contributed by atoms with Gasteiger partial charge in [-0.1, -0.05) is 342 Å². The number of hydrogen-bond acceptors (Lipinski definition) is 6. The lowest BCUT2D eigenvalue weighted by atomic mass is 10.0. The summed E-state index contributed by atoms with van der Waals surface area (Å²) < 4.78 is 17.0. The molecule has 0 saturated carbocycles. The van der Waals surface area contributed by atoms with E-state index in [2.05, 4.69) is 20.8 Å². The maximum atomic E-state index is 12.9. The quantitative estimate of drug-likeness (QED) is 0.0343. The standard InChI is InChI=1S/C65H126O6/c1-4-7-10-13-16-19-22-25-27-29-31-33-35-36-38-40-43-46-49-52-55-58-64(67)70-61-62(60-69-63(66)57-54-51-48-45-42-24-21-18-15-12-9-6-3)71-65(68)59-56-53-50-47-44-41-39-37-34-32-30-28-26-23-20-17-14-11-8-5-2/h62H,4-61H2,1-3H3. The number of unbranched alkanes of at least 4 members (excludes halogenated alkanes) is 50. The summed E-state index contributed by atoms with van der Waals surface area (Å²) in [4.78, 5) is 38.3. The largest absolute Gasteiger partial charge is 0.462 e. The predicted octanol–water partition coefficient (Wildman–Crippen LogP) is 21.9. The van der Waals surface area contributed by atoms with Crippen molar-refractivity contribution in [3.63, 3.8) is 0 Å². The topological polar surface area (TPSA) is 78.9 Å². The molecular weight excluding hydrogens is 877 g/mol. The predicted molar refractivity (Wildman–Crippen MR) is 307 cm³/mol. The SMILES string of the molecule is CCCCCCCCCCCCCCCCCCCCCCCC(=O)OCC(COC(=O)CCCCCCCCCCCCCC)OC(=O)CCCCCCCCCCCCCCCCCCCCCC. The Hall–Kier alpha value is -1.59. The Labute approximate surface area is 444 Å². The van der Waals surface area contributed by atoms with Crippen LogP contribution in [0.3, 0.4) is 0 Å². The van der Waals surface area contributed by atoms with Crippen molar-refractivity contribution in [1.82, 2.24) is 0 Å². The highest BCUT2D eigenvalue weighted by molar-refractivity contribution is 5.71. The number of rotatable bonds is 61. The molecule has 0 spiro atoms. The Bertz CT molecular complexity index is 1060. The number of carbonyl (C=O) groups excluding carboxylic acids is 3. The molecule has 1 unspecified atom stereocenters. The van der Waals surface area contributed by atoms with E-state index in [0.29, 0.717) is 19.3 Å². The smallest absolute Gasteiger partial charge is 0.306 e. The molecule has 0 saturated heterocycles. The van der Waals surface area contributed by atoms with E-state index in [-0.39, 0.29) is 31.1 Å². The lowest BCUT2D eigenvalue weighted by Gasteiger charge is -2.18. The highest BCUT2D eigenvalue weighted by atomic mass is 16.6. The third kappa shape index (κ3) is 59.2.